The minimum Gasteiger partial charge on any atom is -0.207 e. The molecule has 6 heteroatoms. The van der Waals surface area contributed by atoms with Crippen LogP contribution in [-0.4, -0.2) is 14.0 Å². The van der Waals surface area contributed by atoms with Crippen LogP contribution in [0, 0.1) is 12.7 Å². The topological polar surface area (TPSA) is 46.2 Å². The van der Waals surface area contributed by atoms with Crippen LogP contribution in [0.2, 0.25) is 0 Å². The van der Waals surface area contributed by atoms with Crippen LogP contribution in [0.5, 0.6) is 0 Å². The number of rotatable bonds is 2. The van der Waals surface area contributed by atoms with Crippen LogP contribution >= 0.6 is 15.9 Å². The summed E-state index contributed by atoms with van der Waals surface area (Å²) in [5, 5.41) is 0. The zero-order chi connectivity index (χ0) is 13.4. The molecule has 0 saturated heterocycles. The highest BCUT2D eigenvalue weighted by Gasteiger charge is 2.24. The first-order valence-corrected chi connectivity index (χ1v) is 7.30. The smallest absolute Gasteiger partial charge is 0.207 e. The minimum atomic E-state index is -3.63. The van der Waals surface area contributed by atoms with Crippen LogP contribution in [0.25, 0.3) is 0 Å². The number of aryl methyl sites for hydroxylation is 1. The number of hydrogen-bond donors (Lipinski definition) is 1. The Hall–Kier alpha value is -0.460. The Labute approximate surface area is 110 Å². The molecule has 1 N–H and O–H groups in total. The van der Waals surface area contributed by atoms with E-state index in [9.17, 15) is 12.8 Å². The van der Waals surface area contributed by atoms with Gasteiger partial charge in [-0.05, 0) is 61.3 Å². The van der Waals surface area contributed by atoms with E-state index in [2.05, 4.69) is 20.7 Å². The largest absolute Gasteiger partial charge is 0.241 e. The fourth-order valence-corrected chi connectivity index (χ4v) is 3.54. The number of hydrogen-bond acceptors (Lipinski definition) is 2. The summed E-state index contributed by atoms with van der Waals surface area (Å²) in [6, 6.07) is 2.47. The van der Waals surface area contributed by atoms with Crippen molar-refractivity contribution in [2.75, 3.05) is 0 Å². The Bertz CT molecular complexity index is 535. The number of sulfonamides is 1. The molecule has 0 bridgehead atoms. The fourth-order valence-electron chi connectivity index (χ4n) is 1.38. The average molecular weight is 324 g/mol. The highest BCUT2D eigenvalue weighted by molar-refractivity contribution is 9.10. The molecule has 0 radical (unpaired) electrons. The van der Waals surface area contributed by atoms with E-state index in [0.29, 0.717) is 5.56 Å². The van der Waals surface area contributed by atoms with Gasteiger partial charge in [0, 0.05) is 5.54 Å². The Morgan fingerprint density at radius 3 is 2.29 bits per heavy atom. The van der Waals surface area contributed by atoms with Crippen LogP contribution in [0.1, 0.15) is 26.3 Å². The zero-order valence-electron chi connectivity index (χ0n) is 10.1. The predicted molar refractivity (Wildman–Crippen MR) is 68.9 cm³/mol. The van der Waals surface area contributed by atoms with E-state index in [1.54, 1.807) is 27.7 Å². The summed E-state index contributed by atoms with van der Waals surface area (Å²) >= 11 is 2.99. The minimum absolute atomic E-state index is 0.0840. The van der Waals surface area contributed by atoms with Gasteiger partial charge in [0.15, 0.2) is 0 Å². The molecule has 96 valence electrons. The lowest BCUT2D eigenvalue weighted by atomic mass is 10.1. The van der Waals surface area contributed by atoms with Crippen LogP contribution in [0.3, 0.4) is 0 Å². The monoisotopic (exact) mass is 323 g/mol. The first-order chi connectivity index (χ1) is 7.53. The van der Waals surface area contributed by atoms with E-state index in [1.165, 1.54) is 12.1 Å². The highest BCUT2D eigenvalue weighted by Crippen LogP contribution is 2.24. The van der Waals surface area contributed by atoms with Gasteiger partial charge in [-0.3, -0.25) is 0 Å². The Balaban J connectivity index is 3.30. The molecule has 0 heterocycles. The third kappa shape index (κ3) is 3.76. The molecule has 0 aliphatic rings. The van der Waals surface area contributed by atoms with Crippen LogP contribution in [-0.2, 0) is 10.0 Å². The van der Waals surface area contributed by atoms with Crippen molar-refractivity contribution in [3.05, 3.63) is 28.0 Å². The lowest BCUT2D eigenvalue weighted by Gasteiger charge is -2.21. The molecule has 1 aromatic rings. The Morgan fingerprint density at radius 1 is 1.29 bits per heavy atom. The molecule has 0 atom stereocenters. The van der Waals surface area contributed by atoms with Crippen LogP contribution < -0.4 is 4.72 Å². The van der Waals surface area contributed by atoms with E-state index in [-0.39, 0.29) is 9.37 Å². The number of halogens is 2. The van der Waals surface area contributed by atoms with Gasteiger partial charge in [0.1, 0.15) is 5.82 Å². The standard InChI is InChI=1S/C11H15BrFNO2S/c1-7-5-9(13)8(12)6-10(7)17(15,16)14-11(2,3)4/h5-6,14H,1-4H3. The van der Waals surface area contributed by atoms with Crippen LogP contribution in [0.15, 0.2) is 21.5 Å². The first kappa shape index (κ1) is 14.6. The molecule has 1 aromatic carbocycles. The normalized spacial score (nSPS) is 12.8. The predicted octanol–water partition coefficient (Wildman–Crippen LogP) is 2.97. The molecule has 0 aliphatic carbocycles. The molecule has 3 nitrogen and oxygen atoms in total. The average Bonchev–Trinajstić information content (AvgIpc) is 2.06. The molecular weight excluding hydrogens is 309 g/mol. The van der Waals surface area contributed by atoms with Gasteiger partial charge >= 0.3 is 0 Å². The van der Waals surface area contributed by atoms with Crippen molar-refractivity contribution in [3.63, 3.8) is 0 Å². The summed E-state index contributed by atoms with van der Waals surface area (Å²) in [4.78, 5) is 0.0840. The highest BCUT2D eigenvalue weighted by atomic mass is 79.9. The van der Waals surface area contributed by atoms with Crippen molar-refractivity contribution in [1.29, 1.82) is 0 Å². The summed E-state index contributed by atoms with van der Waals surface area (Å²) in [5.74, 6) is -0.475. The molecule has 0 fully saturated rings. The summed E-state index contributed by atoms with van der Waals surface area (Å²) in [6.07, 6.45) is 0. The second-order valence-electron chi connectivity index (χ2n) is 4.89. The second-order valence-corrected chi connectivity index (χ2v) is 7.39. The van der Waals surface area contributed by atoms with Gasteiger partial charge in [-0.2, -0.15) is 0 Å². The van der Waals surface area contributed by atoms with Crippen molar-refractivity contribution in [3.8, 4) is 0 Å². The van der Waals surface area contributed by atoms with E-state index >= 15 is 0 Å². The molecule has 0 unspecified atom stereocenters. The molecule has 0 amide bonds. The van der Waals surface area contributed by atoms with Crippen molar-refractivity contribution in [2.45, 2.75) is 38.1 Å². The lowest BCUT2D eigenvalue weighted by molar-refractivity contribution is 0.491. The van der Waals surface area contributed by atoms with Gasteiger partial charge in [0.25, 0.3) is 0 Å². The SMILES string of the molecule is Cc1cc(F)c(Br)cc1S(=O)(=O)NC(C)(C)C. The molecule has 1 rings (SSSR count). The van der Waals surface area contributed by atoms with Gasteiger partial charge in [-0.25, -0.2) is 17.5 Å². The van der Waals surface area contributed by atoms with Gasteiger partial charge in [-0.1, -0.05) is 0 Å². The lowest BCUT2D eigenvalue weighted by Crippen LogP contribution is -2.40. The molecule has 17 heavy (non-hydrogen) atoms. The van der Waals surface area contributed by atoms with Crippen molar-refractivity contribution >= 4 is 26.0 Å². The summed E-state index contributed by atoms with van der Waals surface area (Å²) in [6.45, 7) is 6.81. The molecule has 0 spiro atoms. The molecule has 0 aromatic heterocycles. The molecule has 0 aliphatic heterocycles. The Kier molecular flexibility index (Phi) is 4.01. The summed E-state index contributed by atoms with van der Waals surface area (Å²) in [7, 11) is -3.63. The summed E-state index contributed by atoms with van der Waals surface area (Å²) < 4.78 is 40.0. The number of benzene rings is 1. The third-order valence-electron chi connectivity index (χ3n) is 1.95. The third-order valence-corrected chi connectivity index (χ3v) is 4.46. The van der Waals surface area contributed by atoms with Gasteiger partial charge in [0.05, 0.1) is 9.37 Å². The maximum Gasteiger partial charge on any atom is 0.241 e. The summed E-state index contributed by atoms with van der Waals surface area (Å²) in [5.41, 5.74) is -0.200. The zero-order valence-corrected chi connectivity index (χ0v) is 12.5. The van der Waals surface area contributed by atoms with E-state index in [4.69, 9.17) is 0 Å². The van der Waals surface area contributed by atoms with Gasteiger partial charge in [0.2, 0.25) is 10.0 Å². The van der Waals surface area contributed by atoms with E-state index in [1.807, 2.05) is 0 Å². The maximum atomic E-state index is 13.2. The maximum absolute atomic E-state index is 13.2. The second kappa shape index (κ2) is 4.66. The molecule has 0 saturated carbocycles. The molecular formula is C11H15BrFNO2S. The van der Waals surface area contributed by atoms with Crippen molar-refractivity contribution in [1.82, 2.24) is 4.72 Å². The van der Waals surface area contributed by atoms with Crippen molar-refractivity contribution < 1.29 is 12.8 Å². The fraction of sp³-hybridized carbons (Fsp3) is 0.455. The quantitative estimate of drug-likeness (QED) is 0.909. The van der Waals surface area contributed by atoms with E-state index in [0.717, 1.165) is 0 Å². The van der Waals surface area contributed by atoms with E-state index < -0.39 is 21.4 Å². The van der Waals surface area contributed by atoms with Crippen LogP contribution in [0.4, 0.5) is 4.39 Å². The Morgan fingerprint density at radius 2 is 1.82 bits per heavy atom. The van der Waals surface area contributed by atoms with Gasteiger partial charge < -0.3 is 0 Å². The first-order valence-electron chi connectivity index (χ1n) is 5.02. The van der Waals surface area contributed by atoms with Gasteiger partial charge in [-0.15, -0.1) is 0 Å². The number of nitrogens with one attached hydrogen (secondary N) is 1. The van der Waals surface area contributed by atoms with Crippen molar-refractivity contribution in [2.24, 2.45) is 0 Å².